The summed E-state index contributed by atoms with van der Waals surface area (Å²) in [7, 11) is 1.65. The summed E-state index contributed by atoms with van der Waals surface area (Å²) in [5.41, 5.74) is 1.27. The fraction of sp³-hybridized carbons (Fsp3) is 0.333. The summed E-state index contributed by atoms with van der Waals surface area (Å²) in [5.74, 6) is 0.838. The highest BCUT2D eigenvalue weighted by Gasteiger charge is 2.24. The van der Waals surface area contributed by atoms with E-state index in [1.54, 1.807) is 18.4 Å². The summed E-state index contributed by atoms with van der Waals surface area (Å²) in [4.78, 5) is 1.22. The fourth-order valence-corrected chi connectivity index (χ4v) is 2.80. The number of aryl methyl sites for hydroxylation is 1. The molecule has 1 atom stereocenters. The zero-order valence-corrected chi connectivity index (χ0v) is 11.8. The predicted molar refractivity (Wildman–Crippen MR) is 75.3 cm³/mol. The van der Waals surface area contributed by atoms with Gasteiger partial charge in [0.2, 0.25) is 0 Å². The van der Waals surface area contributed by atoms with Gasteiger partial charge in [-0.25, -0.2) is 0 Å². The minimum absolute atomic E-state index is 0.604. The van der Waals surface area contributed by atoms with Gasteiger partial charge in [-0.15, -0.1) is 11.3 Å². The lowest BCUT2D eigenvalue weighted by Gasteiger charge is -2.22. The molecule has 1 N–H and O–H groups in total. The molecule has 0 aliphatic heterocycles. The van der Waals surface area contributed by atoms with Crippen molar-refractivity contribution < 1.29 is 9.84 Å². The van der Waals surface area contributed by atoms with E-state index < -0.39 is 5.60 Å². The Morgan fingerprint density at radius 2 is 1.94 bits per heavy atom. The molecule has 2 rings (SSSR count). The van der Waals surface area contributed by atoms with Crippen molar-refractivity contribution in [3.63, 3.8) is 0 Å². The van der Waals surface area contributed by atoms with Gasteiger partial charge < -0.3 is 9.84 Å². The molecule has 0 aliphatic carbocycles. The lowest BCUT2D eigenvalue weighted by atomic mass is 9.91. The number of hydrogen-bond donors (Lipinski definition) is 1. The average Bonchev–Trinajstić information content (AvgIpc) is 2.77. The Bertz CT molecular complexity index is 512. The Morgan fingerprint density at radius 1 is 1.28 bits per heavy atom. The molecule has 1 aromatic carbocycles. The predicted octanol–water partition coefficient (Wildman–Crippen LogP) is 3.52. The van der Waals surface area contributed by atoms with Crippen molar-refractivity contribution in [3.8, 4) is 5.75 Å². The van der Waals surface area contributed by atoms with Gasteiger partial charge in [0.25, 0.3) is 0 Å². The highest BCUT2D eigenvalue weighted by Crippen LogP contribution is 2.29. The van der Waals surface area contributed by atoms with Crippen LogP contribution in [0, 0.1) is 6.92 Å². The van der Waals surface area contributed by atoms with E-state index in [9.17, 15) is 5.11 Å². The fourth-order valence-electron chi connectivity index (χ4n) is 1.97. The molecule has 1 aromatic heterocycles. The molecule has 0 fully saturated rings. The normalized spacial score (nSPS) is 14.2. The maximum atomic E-state index is 10.6. The van der Waals surface area contributed by atoms with Gasteiger partial charge >= 0.3 is 0 Å². The summed E-state index contributed by atoms with van der Waals surface area (Å²) in [6, 6.07) is 9.88. The summed E-state index contributed by atoms with van der Waals surface area (Å²) >= 11 is 1.67. The number of benzene rings is 1. The quantitative estimate of drug-likeness (QED) is 0.913. The van der Waals surface area contributed by atoms with E-state index in [2.05, 4.69) is 6.92 Å². The zero-order valence-electron chi connectivity index (χ0n) is 10.9. The number of ether oxygens (including phenoxy) is 1. The Balaban J connectivity index is 2.16. The van der Waals surface area contributed by atoms with E-state index >= 15 is 0 Å². The molecule has 0 aliphatic rings. The average molecular weight is 262 g/mol. The van der Waals surface area contributed by atoms with Gasteiger partial charge in [-0.1, -0.05) is 12.1 Å². The molecule has 0 radical (unpaired) electrons. The van der Waals surface area contributed by atoms with Crippen molar-refractivity contribution in [3.05, 3.63) is 51.7 Å². The van der Waals surface area contributed by atoms with Crippen LogP contribution in [0.2, 0.25) is 0 Å². The SMILES string of the molecule is COc1ccc(CC(C)(O)c2csc(C)c2)cc1. The zero-order chi connectivity index (χ0) is 13.2. The second-order valence-corrected chi connectivity index (χ2v) is 5.86. The van der Waals surface area contributed by atoms with E-state index in [-0.39, 0.29) is 0 Å². The molecule has 0 bridgehead atoms. The van der Waals surface area contributed by atoms with Crippen LogP contribution in [0.4, 0.5) is 0 Å². The van der Waals surface area contributed by atoms with Crippen molar-refractivity contribution >= 4 is 11.3 Å². The van der Waals surface area contributed by atoms with Crippen molar-refractivity contribution in [2.75, 3.05) is 7.11 Å². The molecular weight excluding hydrogens is 244 g/mol. The second kappa shape index (κ2) is 5.12. The number of rotatable bonds is 4. The summed E-state index contributed by atoms with van der Waals surface area (Å²) in [6.45, 7) is 3.91. The van der Waals surface area contributed by atoms with Gasteiger partial charge in [0.1, 0.15) is 5.75 Å². The van der Waals surface area contributed by atoms with Gasteiger partial charge in [-0.05, 0) is 48.6 Å². The van der Waals surface area contributed by atoms with Crippen LogP contribution in [0.15, 0.2) is 35.7 Å². The van der Waals surface area contributed by atoms with Crippen molar-refractivity contribution in [2.45, 2.75) is 25.9 Å². The summed E-state index contributed by atoms with van der Waals surface area (Å²) < 4.78 is 5.13. The van der Waals surface area contributed by atoms with Crippen molar-refractivity contribution in [2.24, 2.45) is 0 Å². The summed E-state index contributed by atoms with van der Waals surface area (Å²) in [5, 5.41) is 12.6. The molecule has 96 valence electrons. The third kappa shape index (κ3) is 2.92. The second-order valence-electron chi connectivity index (χ2n) is 4.74. The molecule has 1 unspecified atom stereocenters. The van der Waals surface area contributed by atoms with Crippen molar-refractivity contribution in [1.82, 2.24) is 0 Å². The maximum absolute atomic E-state index is 10.6. The van der Waals surface area contributed by atoms with Gasteiger partial charge in [0, 0.05) is 11.3 Å². The molecule has 18 heavy (non-hydrogen) atoms. The van der Waals surface area contributed by atoms with Crippen LogP contribution in [0.25, 0.3) is 0 Å². The first-order valence-electron chi connectivity index (χ1n) is 5.92. The van der Waals surface area contributed by atoms with Crippen LogP contribution in [0.5, 0.6) is 5.75 Å². The molecule has 0 amide bonds. The van der Waals surface area contributed by atoms with E-state index in [0.717, 1.165) is 16.9 Å². The molecular formula is C15H18O2S. The van der Waals surface area contributed by atoms with E-state index in [1.165, 1.54) is 4.88 Å². The molecule has 0 saturated heterocycles. The summed E-state index contributed by atoms with van der Waals surface area (Å²) in [6.07, 6.45) is 0.604. The smallest absolute Gasteiger partial charge is 0.118 e. The van der Waals surface area contributed by atoms with E-state index in [0.29, 0.717) is 6.42 Å². The van der Waals surface area contributed by atoms with Gasteiger partial charge in [-0.2, -0.15) is 0 Å². The van der Waals surface area contributed by atoms with Gasteiger partial charge in [0.05, 0.1) is 12.7 Å². The molecule has 3 heteroatoms. The minimum Gasteiger partial charge on any atom is -0.497 e. The third-order valence-electron chi connectivity index (χ3n) is 3.06. The highest BCUT2D eigenvalue weighted by atomic mass is 32.1. The van der Waals surface area contributed by atoms with Crippen LogP contribution >= 0.6 is 11.3 Å². The van der Waals surface area contributed by atoms with E-state index in [1.807, 2.05) is 42.6 Å². The number of thiophene rings is 1. The largest absolute Gasteiger partial charge is 0.497 e. The number of aliphatic hydroxyl groups is 1. The van der Waals surface area contributed by atoms with Gasteiger partial charge in [0.15, 0.2) is 0 Å². The Hall–Kier alpha value is -1.32. The van der Waals surface area contributed by atoms with Crippen LogP contribution in [0.1, 0.15) is 22.9 Å². The minimum atomic E-state index is -0.820. The van der Waals surface area contributed by atoms with Crippen LogP contribution in [-0.2, 0) is 12.0 Å². The lowest BCUT2D eigenvalue weighted by molar-refractivity contribution is 0.0580. The topological polar surface area (TPSA) is 29.5 Å². The molecule has 0 saturated carbocycles. The maximum Gasteiger partial charge on any atom is 0.118 e. The Morgan fingerprint density at radius 3 is 2.44 bits per heavy atom. The van der Waals surface area contributed by atoms with Crippen LogP contribution < -0.4 is 4.74 Å². The van der Waals surface area contributed by atoms with E-state index in [4.69, 9.17) is 4.74 Å². The third-order valence-corrected chi connectivity index (χ3v) is 3.92. The van der Waals surface area contributed by atoms with Crippen LogP contribution in [0.3, 0.4) is 0 Å². The molecule has 2 aromatic rings. The first-order valence-corrected chi connectivity index (χ1v) is 6.80. The van der Waals surface area contributed by atoms with Crippen molar-refractivity contribution in [1.29, 1.82) is 0 Å². The lowest BCUT2D eigenvalue weighted by Crippen LogP contribution is -2.23. The Kier molecular flexibility index (Phi) is 3.73. The standard InChI is InChI=1S/C15H18O2S/c1-11-8-13(10-18-11)15(2,16)9-12-4-6-14(17-3)7-5-12/h4-8,10,16H,9H2,1-3H3. The number of hydrogen-bond acceptors (Lipinski definition) is 3. The first-order chi connectivity index (χ1) is 8.51. The first kappa shape index (κ1) is 13.1. The molecule has 0 spiro atoms. The Labute approximate surface area is 112 Å². The van der Waals surface area contributed by atoms with Gasteiger partial charge in [-0.3, -0.25) is 0 Å². The highest BCUT2D eigenvalue weighted by molar-refractivity contribution is 7.10. The molecule has 1 heterocycles. The molecule has 2 nitrogen and oxygen atoms in total. The van der Waals surface area contributed by atoms with Crippen LogP contribution in [-0.4, -0.2) is 12.2 Å². The number of methoxy groups -OCH3 is 1. The monoisotopic (exact) mass is 262 g/mol.